The van der Waals surface area contributed by atoms with Crippen LogP contribution >= 0.6 is 0 Å². The minimum Gasteiger partial charge on any atom is -0.476 e. The number of fused-ring (bicyclic) bond motifs is 3. The van der Waals surface area contributed by atoms with Crippen molar-refractivity contribution in [3.8, 4) is 33.9 Å². The van der Waals surface area contributed by atoms with Gasteiger partial charge in [-0.2, -0.15) is 0 Å². The third-order valence-electron chi connectivity index (χ3n) is 6.71. The summed E-state index contributed by atoms with van der Waals surface area (Å²) in [4.78, 5) is 16.6. The van der Waals surface area contributed by atoms with Gasteiger partial charge in [-0.3, -0.25) is 9.97 Å². The van der Waals surface area contributed by atoms with Gasteiger partial charge >= 0.3 is 20.1 Å². The zero-order chi connectivity index (χ0) is 39.2. The van der Waals surface area contributed by atoms with Gasteiger partial charge in [0.15, 0.2) is 0 Å². The molecule has 0 spiro atoms. The molecule has 4 aromatic heterocycles. The molecule has 6 heteroatoms. The van der Waals surface area contributed by atoms with Gasteiger partial charge in [0.2, 0.25) is 0 Å². The predicted octanol–water partition coefficient (Wildman–Crippen LogP) is 9.86. The van der Waals surface area contributed by atoms with Crippen molar-refractivity contribution in [3.05, 3.63) is 169 Å². The van der Waals surface area contributed by atoms with Gasteiger partial charge in [0.05, 0.1) is 11.4 Å². The second-order valence-corrected chi connectivity index (χ2v) is 9.93. The number of nitrogens with zero attached hydrogens (tertiary/aromatic N) is 4. The molecule has 0 unspecified atom stereocenters. The first-order valence-corrected chi connectivity index (χ1v) is 14.2. The number of benzene rings is 4. The number of hydrogen-bond acceptors (Lipinski definition) is 5. The SMILES string of the molecule is [2H]C([2H])([2H])c1c[c-]c(-c2ccccn2)cc1.[2H]C([2H])([2H])c1c[c-]c(-c2ccccn2)cc1.[2H]C([2H])([2H])c1cnc(-c2[c-]cc3c(c2)oc2ccccc23)nc1.[Ir+3]. The molecule has 0 saturated carbocycles. The van der Waals surface area contributed by atoms with Crippen LogP contribution < -0.4 is 0 Å². The third-order valence-corrected chi connectivity index (χ3v) is 6.71. The van der Waals surface area contributed by atoms with Crippen LogP contribution in [0, 0.1) is 38.8 Å². The third kappa shape index (κ3) is 8.50. The second-order valence-electron chi connectivity index (χ2n) is 9.93. The molecule has 0 N–H and O–H groups in total. The Balaban J connectivity index is 0.000000164. The number of rotatable bonds is 3. The van der Waals surface area contributed by atoms with E-state index < -0.39 is 20.6 Å². The van der Waals surface area contributed by atoms with Crippen molar-refractivity contribution in [2.24, 2.45) is 0 Å². The Morgan fingerprint density at radius 3 is 1.64 bits per heavy atom. The standard InChI is InChI=1S/C17H11N2O.2C12H10N.Ir/c1-11-9-18-17(19-10-11)12-6-7-14-13-4-2-3-5-15(13)20-16(14)8-12;2*1-10-5-7-11(8-6-10)12-4-2-3-9-13-12;/h2-5,7-10H,1H3;2*2-7,9H,1H3;/q3*-1;+3/i3*1D3;. The molecule has 4 heterocycles. The molecule has 0 radical (unpaired) electrons. The molecular weight excluding hydrogens is 757 g/mol. The maximum Gasteiger partial charge on any atom is 3.00 e. The summed E-state index contributed by atoms with van der Waals surface area (Å²) in [6, 6.07) is 41.3. The Labute approximate surface area is 301 Å². The largest absolute Gasteiger partial charge is 3.00 e. The number of aromatic nitrogens is 4. The molecule has 0 amide bonds. The van der Waals surface area contributed by atoms with Crippen LogP contribution in [-0.2, 0) is 20.1 Å². The van der Waals surface area contributed by atoms with Crippen LogP contribution in [0.1, 0.15) is 29.0 Å². The average molecular weight is 797 g/mol. The average Bonchev–Trinajstić information content (AvgIpc) is 3.56. The molecule has 0 fully saturated rings. The fraction of sp³-hybridized carbons (Fsp3) is 0.0732. The normalized spacial score (nSPS) is 13.9. The zero-order valence-electron chi connectivity index (χ0n) is 33.7. The Kier molecular flexibility index (Phi) is 7.77. The molecule has 47 heavy (non-hydrogen) atoms. The van der Waals surface area contributed by atoms with Crippen LogP contribution in [0.15, 0.2) is 138 Å². The first-order valence-electron chi connectivity index (χ1n) is 18.7. The number of pyridine rings is 2. The van der Waals surface area contributed by atoms with E-state index in [1.807, 2.05) is 72.8 Å². The van der Waals surface area contributed by atoms with Gasteiger partial charge in [0, 0.05) is 37.1 Å². The van der Waals surface area contributed by atoms with Crippen molar-refractivity contribution in [3.63, 3.8) is 0 Å². The minimum atomic E-state index is -2.20. The van der Waals surface area contributed by atoms with Crippen molar-refractivity contribution in [2.45, 2.75) is 20.6 Å². The molecule has 230 valence electrons. The van der Waals surface area contributed by atoms with Gasteiger partial charge in [-0.05, 0) is 47.4 Å². The van der Waals surface area contributed by atoms with Crippen LogP contribution in [0.5, 0.6) is 0 Å². The van der Waals surface area contributed by atoms with E-state index >= 15 is 0 Å². The molecule has 5 nitrogen and oxygen atoms in total. The van der Waals surface area contributed by atoms with E-state index in [0.717, 1.165) is 44.5 Å². The van der Waals surface area contributed by atoms with Crippen LogP contribution in [0.2, 0.25) is 0 Å². The van der Waals surface area contributed by atoms with E-state index in [4.69, 9.17) is 16.8 Å². The first kappa shape index (κ1) is 23.1. The van der Waals surface area contributed by atoms with E-state index in [1.165, 1.54) is 24.5 Å². The summed E-state index contributed by atoms with van der Waals surface area (Å²) in [5, 5.41) is 2.01. The fourth-order valence-electron chi connectivity index (χ4n) is 4.47. The molecule has 0 aliphatic carbocycles. The van der Waals surface area contributed by atoms with E-state index in [2.05, 4.69) is 38.1 Å². The van der Waals surface area contributed by atoms with Gasteiger partial charge < -0.3 is 14.4 Å². The van der Waals surface area contributed by atoms with Gasteiger partial charge in [0.25, 0.3) is 0 Å². The molecule has 4 aromatic carbocycles. The van der Waals surface area contributed by atoms with Crippen LogP contribution in [0.4, 0.5) is 0 Å². The molecule has 0 aliphatic rings. The molecule has 0 atom stereocenters. The van der Waals surface area contributed by atoms with Gasteiger partial charge in [-0.15, -0.1) is 88.5 Å². The number of furan rings is 1. The van der Waals surface area contributed by atoms with Gasteiger partial charge in [0.1, 0.15) is 5.58 Å². The molecule has 0 bridgehead atoms. The second kappa shape index (κ2) is 15.8. The quantitative estimate of drug-likeness (QED) is 0.167. The molecule has 8 aromatic rings. The van der Waals surface area contributed by atoms with Crippen molar-refractivity contribution in [1.29, 1.82) is 0 Å². The zero-order valence-corrected chi connectivity index (χ0v) is 27.1. The molecule has 0 saturated heterocycles. The summed E-state index contributed by atoms with van der Waals surface area (Å²) >= 11 is 0. The van der Waals surface area contributed by atoms with Crippen LogP contribution in [0.3, 0.4) is 0 Å². The summed E-state index contributed by atoms with van der Waals surface area (Å²) < 4.78 is 71.3. The molecular formula is C41H31IrN4O. The molecule has 8 rings (SSSR count). The van der Waals surface area contributed by atoms with E-state index in [1.54, 1.807) is 36.7 Å². The number of para-hydroxylation sites is 1. The fourth-order valence-corrected chi connectivity index (χ4v) is 4.47. The maximum atomic E-state index is 7.35. The van der Waals surface area contributed by atoms with Crippen LogP contribution in [0.25, 0.3) is 55.8 Å². The Morgan fingerprint density at radius 1 is 0.532 bits per heavy atom. The van der Waals surface area contributed by atoms with Crippen molar-refractivity contribution in [1.82, 2.24) is 19.9 Å². The van der Waals surface area contributed by atoms with Crippen molar-refractivity contribution in [2.75, 3.05) is 0 Å². The Hall–Kier alpha value is -5.29. The first-order chi connectivity index (χ1) is 26.2. The van der Waals surface area contributed by atoms with E-state index in [-0.39, 0.29) is 25.7 Å². The summed E-state index contributed by atoms with van der Waals surface area (Å²) in [5.41, 5.74) is 6.09. The Bertz CT molecular complexity index is 2380. The molecule has 0 aliphatic heterocycles. The predicted molar refractivity (Wildman–Crippen MR) is 185 cm³/mol. The Morgan fingerprint density at radius 2 is 1.11 bits per heavy atom. The summed E-state index contributed by atoms with van der Waals surface area (Å²) in [5.74, 6) is 0.417. The minimum absolute atomic E-state index is 0. The number of aryl methyl sites for hydroxylation is 3. The van der Waals surface area contributed by atoms with Crippen molar-refractivity contribution < 1.29 is 36.9 Å². The smallest absolute Gasteiger partial charge is 0.476 e. The summed E-state index contributed by atoms with van der Waals surface area (Å²) in [6.07, 6.45) is 6.04. The summed E-state index contributed by atoms with van der Waals surface area (Å²) in [7, 11) is 0. The maximum absolute atomic E-state index is 7.35. The van der Waals surface area contributed by atoms with E-state index in [9.17, 15) is 0 Å². The van der Waals surface area contributed by atoms with Crippen molar-refractivity contribution >= 4 is 21.9 Å². The van der Waals surface area contributed by atoms with E-state index in [0.29, 0.717) is 22.5 Å². The number of hydrogen-bond donors (Lipinski definition) is 0. The topological polar surface area (TPSA) is 64.7 Å². The van der Waals surface area contributed by atoms with Crippen LogP contribution in [-0.4, -0.2) is 19.9 Å². The van der Waals surface area contributed by atoms with Gasteiger partial charge in [-0.25, -0.2) is 0 Å². The summed E-state index contributed by atoms with van der Waals surface area (Å²) in [6.45, 7) is -6.34. The van der Waals surface area contributed by atoms with Gasteiger partial charge in [-0.1, -0.05) is 67.6 Å². The monoisotopic (exact) mass is 797 g/mol.